The number of halogens is 1. The summed E-state index contributed by atoms with van der Waals surface area (Å²) in [4.78, 5) is 15.7. The molecule has 1 aromatic heterocycles. The van der Waals surface area contributed by atoms with Gasteiger partial charge in [0.2, 0.25) is 5.91 Å². The van der Waals surface area contributed by atoms with Gasteiger partial charge in [-0.3, -0.25) is 9.69 Å². The Morgan fingerprint density at radius 2 is 2.16 bits per heavy atom. The van der Waals surface area contributed by atoms with Crippen LogP contribution in [0.2, 0.25) is 0 Å². The summed E-state index contributed by atoms with van der Waals surface area (Å²) >= 11 is 1.70. The van der Waals surface area contributed by atoms with Crippen LogP contribution >= 0.6 is 11.3 Å². The number of benzene rings is 1. The van der Waals surface area contributed by atoms with E-state index in [-0.39, 0.29) is 17.8 Å². The van der Waals surface area contributed by atoms with E-state index in [1.165, 1.54) is 17.0 Å². The van der Waals surface area contributed by atoms with Crippen molar-refractivity contribution in [3.05, 3.63) is 58.0 Å². The van der Waals surface area contributed by atoms with Crippen LogP contribution in [0.4, 0.5) is 4.39 Å². The number of nitrogens with one attached hydrogen (secondary N) is 1. The van der Waals surface area contributed by atoms with Crippen molar-refractivity contribution in [3.8, 4) is 0 Å². The Morgan fingerprint density at radius 1 is 1.32 bits per heavy atom. The number of hydrogen-bond donors (Lipinski definition) is 1. The molecule has 134 valence electrons. The lowest BCUT2D eigenvalue weighted by Gasteiger charge is -2.24. The molecular weight excluding hydrogens is 339 g/mol. The van der Waals surface area contributed by atoms with Gasteiger partial charge in [-0.05, 0) is 42.0 Å². The van der Waals surface area contributed by atoms with E-state index in [0.717, 1.165) is 38.1 Å². The molecule has 3 rings (SSSR count). The molecule has 1 aliphatic heterocycles. The van der Waals surface area contributed by atoms with E-state index in [4.69, 9.17) is 4.74 Å². The first kappa shape index (κ1) is 18.0. The van der Waals surface area contributed by atoms with Crippen LogP contribution in [0, 0.1) is 5.82 Å². The van der Waals surface area contributed by atoms with Crippen molar-refractivity contribution in [1.82, 2.24) is 10.2 Å². The van der Waals surface area contributed by atoms with Gasteiger partial charge in [0.25, 0.3) is 0 Å². The van der Waals surface area contributed by atoms with Crippen LogP contribution in [0.3, 0.4) is 0 Å². The fourth-order valence-corrected chi connectivity index (χ4v) is 3.69. The van der Waals surface area contributed by atoms with E-state index in [9.17, 15) is 9.18 Å². The quantitative estimate of drug-likeness (QED) is 0.784. The van der Waals surface area contributed by atoms with Crippen LogP contribution in [0.1, 0.15) is 23.3 Å². The fourth-order valence-electron chi connectivity index (χ4n) is 2.95. The first-order valence-electron chi connectivity index (χ1n) is 8.56. The molecule has 1 saturated heterocycles. The Balaban J connectivity index is 1.52. The zero-order chi connectivity index (χ0) is 17.5. The number of nitrogens with zero attached hydrogens (tertiary/aromatic N) is 1. The first-order valence-corrected chi connectivity index (χ1v) is 9.44. The summed E-state index contributed by atoms with van der Waals surface area (Å²) in [5.41, 5.74) is 0.888. The topological polar surface area (TPSA) is 41.6 Å². The highest BCUT2D eigenvalue weighted by atomic mass is 32.1. The summed E-state index contributed by atoms with van der Waals surface area (Å²) in [6.07, 6.45) is 2.36. The molecule has 1 atom stereocenters. The second kappa shape index (κ2) is 9.08. The van der Waals surface area contributed by atoms with Crippen LogP contribution in [0.25, 0.3) is 0 Å². The minimum atomic E-state index is -0.270. The zero-order valence-corrected chi connectivity index (χ0v) is 14.9. The maximum atomic E-state index is 12.9. The Hall–Kier alpha value is -1.76. The summed E-state index contributed by atoms with van der Waals surface area (Å²) in [6.45, 7) is 3.07. The minimum absolute atomic E-state index is 0.0288. The van der Waals surface area contributed by atoms with E-state index in [1.807, 2.05) is 11.4 Å². The van der Waals surface area contributed by atoms with Gasteiger partial charge in [-0.2, -0.15) is 0 Å². The van der Waals surface area contributed by atoms with Gasteiger partial charge in [0.05, 0.1) is 12.6 Å². The summed E-state index contributed by atoms with van der Waals surface area (Å²) < 4.78 is 18.6. The Kier molecular flexibility index (Phi) is 6.55. The van der Waals surface area contributed by atoms with Crippen molar-refractivity contribution >= 4 is 17.2 Å². The van der Waals surface area contributed by atoms with Gasteiger partial charge in [0, 0.05) is 31.1 Å². The smallest absolute Gasteiger partial charge is 0.234 e. The summed E-state index contributed by atoms with van der Waals surface area (Å²) in [6, 6.07) is 10.3. The largest absolute Gasteiger partial charge is 0.377 e. The van der Waals surface area contributed by atoms with Crippen LogP contribution in [-0.4, -0.2) is 36.6 Å². The number of carbonyl (C=O) groups excluding carboxylic acids is 1. The molecular formula is C19H23FN2O2S. The molecule has 25 heavy (non-hydrogen) atoms. The molecule has 4 nitrogen and oxygen atoms in total. The molecule has 1 N–H and O–H groups in total. The number of ether oxygens (including phenoxy) is 1. The number of thiophene rings is 1. The third-order valence-corrected chi connectivity index (χ3v) is 5.08. The predicted molar refractivity (Wildman–Crippen MR) is 96.8 cm³/mol. The Bertz CT molecular complexity index is 655. The molecule has 0 bridgehead atoms. The summed E-state index contributed by atoms with van der Waals surface area (Å²) in [7, 11) is 0. The molecule has 0 radical (unpaired) electrons. The van der Waals surface area contributed by atoms with Gasteiger partial charge in [0.15, 0.2) is 0 Å². The van der Waals surface area contributed by atoms with Gasteiger partial charge >= 0.3 is 0 Å². The third kappa shape index (κ3) is 5.92. The van der Waals surface area contributed by atoms with Crippen LogP contribution in [0.15, 0.2) is 41.8 Å². The summed E-state index contributed by atoms with van der Waals surface area (Å²) in [5, 5.41) is 4.96. The third-order valence-electron chi connectivity index (χ3n) is 4.22. The number of amides is 1. The Morgan fingerprint density at radius 3 is 2.84 bits per heavy atom. The lowest BCUT2D eigenvalue weighted by molar-refractivity contribution is -0.122. The normalized spacial score (nSPS) is 17.1. The molecule has 1 aliphatic rings. The molecule has 0 saturated carbocycles. The number of carbonyl (C=O) groups is 1. The van der Waals surface area contributed by atoms with Crippen LogP contribution in [-0.2, 0) is 22.6 Å². The molecule has 6 heteroatoms. The maximum absolute atomic E-state index is 12.9. The van der Waals surface area contributed by atoms with Crippen molar-refractivity contribution in [1.29, 1.82) is 0 Å². The van der Waals surface area contributed by atoms with Gasteiger partial charge in [-0.25, -0.2) is 4.39 Å². The molecule has 1 fully saturated rings. The van der Waals surface area contributed by atoms with E-state index in [1.54, 1.807) is 23.5 Å². The molecule has 0 unspecified atom stereocenters. The van der Waals surface area contributed by atoms with E-state index < -0.39 is 0 Å². The average molecular weight is 362 g/mol. The molecule has 0 aliphatic carbocycles. The van der Waals surface area contributed by atoms with E-state index >= 15 is 0 Å². The molecule has 1 aromatic carbocycles. The highest BCUT2D eigenvalue weighted by Crippen LogP contribution is 2.17. The number of hydrogen-bond acceptors (Lipinski definition) is 4. The molecule has 1 amide bonds. The van der Waals surface area contributed by atoms with Gasteiger partial charge < -0.3 is 10.1 Å². The first-order chi connectivity index (χ1) is 12.2. The second-order valence-electron chi connectivity index (χ2n) is 6.29. The maximum Gasteiger partial charge on any atom is 0.234 e. The van der Waals surface area contributed by atoms with E-state index in [0.29, 0.717) is 13.1 Å². The van der Waals surface area contributed by atoms with Gasteiger partial charge in [0.1, 0.15) is 5.82 Å². The minimum Gasteiger partial charge on any atom is -0.377 e. The zero-order valence-electron chi connectivity index (χ0n) is 14.1. The van der Waals surface area contributed by atoms with Gasteiger partial charge in [-0.1, -0.05) is 18.2 Å². The standard InChI is InChI=1S/C19H23FN2O2S/c20-16-7-5-15(6-8-16)11-21-19(23)14-22(12-17-3-1-9-24-17)13-18-4-2-10-25-18/h2,4-8,10,17H,1,3,9,11-14H2,(H,21,23)/t17-/m0/s1. The van der Waals surface area contributed by atoms with Crippen molar-refractivity contribution in [2.24, 2.45) is 0 Å². The molecule has 2 heterocycles. The molecule has 2 aromatic rings. The second-order valence-corrected chi connectivity index (χ2v) is 7.32. The van der Waals surface area contributed by atoms with Crippen molar-refractivity contribution < 1.29 is 13.9 Å². The average Bonchev–Trinajstić information content (AvgIpc) is 3.28. The highest BCUT2D eigenvalue weighted by molar-refractivity contribution is 7.09. The summed E-state index contributed by atoms with van der Waals surface area (Å²) in [5.74, 6) is -0.298. The molecule has 0 spiro atoms. The van der Waals surface area contributed by atoms with Gasteiger partial charge in [-0.15, -0.1) is 11.3 Å². The van der Waals surface area contributed by atoms with Crippen molar-refractivity contribution in [2.75, 3.05) is 19.7 Å². The Labute approximate surface area is 151 Å². The predicted octanol–water partition coefficient (Wildman–Crippen LogP) is 3.18. The monoisotopic (exact) mass is 362 g/mol. The highest BCUT2D eigenvalue weighted by Gasteiger charge is 2.21. The van der Waals surface area contributed by atoms with E-state index in [2.05, 4.69) is 16.3 Å². The lowest BCUT2D eigenvalue weighted by atomic mass is 10.2. The van der Waals surface area contributed by atoms with Crippen molar-refractivity contribution in [3.63, 3.8) is 0 Å². The van der Waals surface area contributed by atoms with Crippen LogP contribution in [0.5, 0.6) is 0 Å². The number of rotatable bonds is 8. The van der Waals surface area contributed by atoms with Crippen LogP contribution < -0.4 is 5.32 Å². The lowest BCUT2D eigenvalue weighted by Crippen LogP contribution is -2.40. The SMILES string of the molecule is O=C(CN(Cc1cccs1)C[C@@H]1CCCO1)NCc1ccc(F)cc1. The van der Waals surface area contributed by atoms with Crippen molar-refractivity contribution in [2.45, 2.75) is 32.0 Å². The fraction of sp³-hybridized carbons (Fsp3) is 0.421.